The lowest BCUT2D eigenvalue weighted by Gasteiger charge is -2.14. The lowest BCUT2D eigenvalue weighted by atomic mass is 10.1. The van der Waals surface area contributed by atoms with Crippen LogP contribution in [0.1, 0.15) is 12.5 Å². The minimum absolute atomic E-state index is 0.202. The standard InChI is InChI=1S/C11H13FN5O3P/c12-7-1-6(3-21(18,19)20)2-8(7)17-5-16-9-10(13)14-4-15-11(9)17/h1,4-6,8H,2-3H2,(H2,13,14,15)(H2,18,19,20)/t6-,8-/m1/s1. The van der Waals surface area contributed by atoms with Gasteiger partial charge < -0.3 is 20.1 Å². The summed E-state index contributed by atoms with van der Waals surface area (Å²) in [4.78, 5) is 29.9. The maximum absolute atomic E-state index is 14.1. The minimum Gasteiger partial charge on any atom is -0.382 e. The number of nitrogen functional groups attached to an aromatic ring is 1. The van der Waals surface area contributed by atoms with Crippen molar-refractivity contribution in [2.75, 3.05) is 11.9 Å². The smallest absolute Gasteiger partial charge is 0.326 e. The minimum atomic E-state index is -4.18. The van der Waals surface area contributed by atoms with Crippen molar-refractivity contribution in [2.24, 2.45) is 5.92 Å². The molecule has 1 aliphatic carbocycles. The van der Waals surface area contributed by atoms with E-state index in [4.69, 9.17) is 15.5 Å². The second-order valence-electron chi connectivity index (χ2n) is 4.99. The zero-order valence-electron chi connectivity index (χ0n) is 10.8. The van der Waals surface area contributed by atoms with Gasteiger partial charge in [0, 0.05) is 0 Å². The number of aromatic nitrogens is 4. The molecule has 4 N–H and O–H groups in total. The first-order valence-corrected chi connectivity index (χ1v) is 7.99. The molecule has 0 bridgehead atoms. The van der Waals surface area contributed by atoms with Gasteiger partial charge in [0.1, 0.15) is 17.7 Å². The van der Waals surface area contributed by atoms with Crippen molar-refractivity contribution in [2.45, 2.75) is 12.5 Å². The molecule has 2 heterocycles. The van der Waals surface area contributed by atoms with Crippen LogP contribution >= 0.6 is 7.60 Å². The number of nitrogens with two attached hydrogens (primary N) is 1. The van der Waals surface area contributed by atoms with Crippen LogP contribution in [0, 0.1) is 5.92 Å². The number of hydrogen-bond acceptors (Lipinski definition) is 5. The van der Waals surface area contributed by atoms with Gasteiger partial charge in [0.15, 0.2) is 11.5 Å². The Balaban J connectivity index is 1.93. The van der Waals surface area contributed by atoms with Gasteiger partial charge in [0.2, 0.25) is 0 Å². The Morgan fingerprint density at radius 1 is 1.43 bits per heavy atom. The molecule has 0 saturated heterocycles. The molecule has 0 spiro atoms. The molecule has 2 aromatic rings. The summed E-state index contributed by atoms with van der Waals surface area (Å²) in [6.45, 7) is 0. The summed E-state index contributed by atoms with van der Waals surface area (Å²) in [6.07, 6.45) is 3.79. The Bertz CT molecular complexity index is 770. The fourth-order valence-electron chi connectivity index (χ4n) is 2.58. The third-order valence-corrected chi connectivity index (χ3v) is 4.38. The van der Waals surface area contributed by atoms with E-state index in [1.54, 1.807) is 0 Å². The topological polar surface area (TPSA) is 127 Å². The van der Waals surface area contributed by atoms with E-state index in [9.17, 15) is 8.96 Å². The van der Waals surface area contributed by atoms with E-state index in [0.29, 0.717) is 11.2 Å². The Kier molecular flexibility index (Phi) is 3.27. The van der Waals surface area contributed by atoms with Crippen molar-refractivity contribution in [3.05, 3.63) is 24.6 Å². The van der Waals surface area contributed by atoms with E-state index in [1.165, 1.54) is 23.3 Å². The van der Waals surface area contributed by atoms with Crippen LogP contribution in [0.15, 0.2) is 24.6 Å². The lowest BCUT2D eigenvalue weighted by Crippen LogP contribution is -2.10. The van der Waals surface area contributed by atoms with Crippen molar-refractivity contribution in [3.8, 4) is 0 Å². The largest absolute Gasteiger partial charge is 0.382 e. The molecular formula is C11H13FN5O3P. The fraction of sp³-hybridized carbons (Fsp3) is 0.364. The summed E-state index contributed by atoms with van der Waals surface area (Å²) in [5.41, 5.74) is 6.45. The second-order valence-corrected chi connectivity index (χ2v) is 6.69. The number of imidazole rings is 1. The van der Waals surface area contributed by atoms with E-state index in [-0.39, 0.29) is 18.4 Å². The molecule has 0 unspecified atom stereocenters. The zero-order chi connectivity index (χ0) is 15.2. The highest BCUT2D eigenvalue weighted by Crippen LogP contribution is 2.44. The van der Waals surface area contributed by atoms with Crippen molar-refractivity contribution >= 4 is 24.6 Å². The van der Waals surface area contributed by atoms with Crippen LogP contribution in [0.3, 0.4) is 0 Å². The average Bonchev–Trinajstić information content (AvgIpc) is 2.92. The Morgan fingerprint density at radius 2 is 2.19 bits per heavy atom. The van der Waals surface area contributed by atoms with Crippen LogP contribution in [-0.4, -0.2) is 35.5 Å². The van der Waals surface area contributed by atoms with Gasteiger partial charge in [0.25, 0.3) is 0 Å². The number of nitrogens with zero attached hydrogens (tertiary/aromatic N) is 4. The van der Waals surface area contributed by atoms with E-state index < -0.39 is 25.4 Å². The molecule has 0 aliphatic heterocycles. The average molecular weight is 313 g/mol. The van der Waals surface area contributed by atoms with Gasteiger partial charge in [-0.25, -0.2) is 19.3 Å². The highest BCUT2D eigenvalue weighted by atomic mass is 31.2. The molecule has 1 aliphatic rings. The van der Waals surface area contributed by atoms with E-state index in [0.717, 1.165) is 0 Å². The van der Waals surface area contributed by atoms with Gasteiger partial charge in [-0.15, -0.1) is 0 Å². The molecule has 8 nitrogen and oxygen atoms in total. The van der Waals surface area contributed by atoms with Gasteiger partial charge in [-0.2, -0.15) is 0 Å². The van der Waals surface area contributed by atoms with Gasteiger partial charge >= 0.3 is 7.60 Å². The van der Waals surface area contributed by atoms with E-state index in [2.05, 4.69) is 15.0 Å². The molecule has 0 saturated carbocycles. The molecule has 112 valence electrons. The lowest BCUT2D eigenvalue weighted by molar-refractivity contribution is 0.362. The molecule has 0 amide bonds. The first-order valence-electron chi connectivity index (χ1n) is 6.20. The monoisotopic (exact) mass is 313 g/mol. The van der Waals surface area contributed by atoms with Crippen LogP contribution in [-0.2, 0) is 4.57 Å². The van der Waals surface area contributed by atoms with E-state index >= 15 is 0 Å². The molecular weight excluding hydrogens is 300 g/mol. The second kappa shape index (κ2) is 4.87. The number of rotatable bonds is 3. The first kappa shape index (κ1) is 14.1. The number of allylic oxidation sites excluding steroid dienone is 2. The number of hydrogen-bond donors (Lipinski definition) is 3. The SMILES string of the molecule is Nc1ncnc2c1ncn2[C@@H]1C[C@H](CP(=O)(O)O)C=C1F. The number of anilines is 1. The van der Waals surface area contributed by atoms with Crippen LogP contribution in [0.5, 0.6) is 0 Å². The van der Waals surface area contributed by atoms with Gasteiger partial charge in [-0.05, 0) is 18.4 Å². The van der Waals surface area contributed by atoms with Crippen molar-refractivity contribution in [1.82, 2.24) is 19.5 Å². The molecule has 0 fully saturated rings. The van der Waals surface area contributed by atoms with Crippen LogP contribution < -0.4 is 5.73 Å². The van der Waals surface area contributed by atoms with Gasteiger partial charge in [-0.1, -0.05) is 0 Å². The van der Waals surface area contributed by atoms with Crippen LogP contribution in [0.25, 0.3) is 11.2 Å². The Morgan fingerprint density at radius 3 is 2.90 bits per heavy atom. The quantitative estimate of drug-likeness (QED) is 0.721. The fourth-order valence-corrected chi connectivity index (χ4v) is 3.45. The Labute approximate surface area is 118 Å². The maximum atomic E-state index is 14.1. The summed E-state index contributed by atoms with van der Waals surface area (Å²) < 4.78 is 26.6. The molecule has 3 rings (SSSR count). The molecule has 0 aromatic carbocycles. The zero-order valence-corrected chi connectivity index (χ0v) is 11.7. The van der Waals surface area contributed by atoms with E-state index in [1.807, 2.05) is 0 Å². The van der Waals surface area contributed by atoms with Crippen LogP contribution in [0.2, 0.25) is 0 Å². The van der Waals surface area contributed by atoms with Crippen molar-refractivity contribution in [1.29, 1.82) is 0 Å². The summed E-state index contributed by atoms with van der Waals surface area (Å²) >= 11 is 0. The Hall–Kier alpha value is -1.83. The predicted octanol–water partition coefficient (Wildman–Crippen LogP) is 1.00. The van der Waals surface area contributed by atoms with Crippen LogP contribution in [0.4, 0.5) is 10.2 Å². The molecule has 2 aromatic heterocycles. The summed E-state index contributed by atoms with van der Waals surface area (Å²) in [7, 11) is -4.18. The highest BCUT2D eigenvalue weighted by Gasteiger charge is 2.33. The number of halogens is 1. The van der Waals surface area contributed by atoms with Crippen molar-refractivity contribution < 1.29 is 18.7 Å². The highest BCUT2D eigenvalue weighted by molar-refractivity contribution is 7.51. The third-order valence-electron chi connectivity index (χ3n) is 3.43. The third kappa shape index (κ3) is 2.67. The summed E-state index contributed by atoms with van der Waals surface area (Å²) in [6, 6.07) is -0.680. The first-order chi connectivity index (χ1) is 9.85. The van der Waals surface area contributed by atoms with Gasteiger partial charge in [-0.3, -0.25) is 4.57 Å². The summed E-state index contributed by atoms with van der Waals surface area (Å²) in [5.74, 6) is -0.773. The molecule has 0 radical (unpaired) electrons. The molecule has 10 heteroatoms. The molecule has 2 atom stereocenters. The van der Waals surface area contributed by atoms with Gasteiger partial charge in [0.05, 0.1) is 18.5 Å². The predicted molar refractivity (Wildman–Crippen MR) is 73.0 cm³/mol. The maximum Gasteiger partial charge on any atom is 0.326 e. The number of fused-ring (bicyclic) bond motifs is 1. The van der Waals surface area contributed by atoms with Crippen molar-refractivity contribution in [3.63, 3.8) is 0 Å². The summed E-state index contributed by atoms with van der Waals surface area (Å²) in [5, 5.41) is 0. The molecule has 21 heavy (non-hydrogen) atoms. The normalized spacial score (nSPS) is 22.7.